The van der Waals surface area contributed by atoms with E-state index in [0.717, 1.165) is 11.4 Å². The van der Waals surface area contributed by atoms with Crippen molar-refractivity contribution >= 4 is 5.82 Å². The van der Waals surface area contributed by atoms with E-state index in [1.54, 1.807) is 6.07 Å². The van der Waals surface area contributed by atoms with E-state index >= 15 is 0 Å². The van der Waals surface area contributed by atoms with Gasteiger partial charge in [0.05, 0.1) is 6.04 Å². The van der Waals surface area contributed by atoms with Gasteiger partial charge in [0.25, 0.3) is 0 Å². The number of hydrogen-bond acceptors (Lipinski definition) is 3. The zero-order valence-corrected chi connectivity index (χ0v) is 13.0. The summed E-state index contributed by atoms with van der Waals surface area (Å²) in [4.78, 5) is 6.47. The molecule has 112 valence electrons. The van der Waals surface area contributed by atoms with Crippen LogP contribution in [0.4, 0.5) is 10.2 Å². The van der Waals surface area contributed by atoms with Crippen molar-refractivity contribution in [1.29, 1.82) is 0 Å². The number of rotatable bonds is 5. The standard InChI is InChI=1S/C17H22FN3/c1-12(19-3)14-9-10-17(20-11-14)21(4)13(2)15-7-5-6-8-16(15)18/h5-13,19H,1-4H3. The van der Waals surface area contributed by atoms with Crippen LogP contribution in [0.1, 0.15) is 37.1 Å². The van der Waals surface area contributed by atoms with Gasteiger partial charge in [-0.15, -0.1) is 0 Å². The zero-order valence-electron chi connectivity index (χ0n) is 13.0. The first-order chi connectivity index (χ1) is 10.0. The first-order valence-electron chi connectivity index (χ1n) is 7.15. The summed E-state index contributed by atoms with van der Waals surface area (Å²) in [6.45, 7) is 4.06. The average molecular weight is 287 g/mol. The Morgan fingerprint density at radius 1 is 1.14 bits per heavy atom. The third-order valence-corrected chi connectivity index (χ3v) is 4.00. The Labute approximate surface area is 125 Å². The molecule has 0 aliphatic carbocycles. The molecule has 0 saturated carbocycles. The normalized spacial score (nSPS) is 13.8. The van der Waals surface area contributed by atoms with Crippen LogP contribution >= 0.6 is 0 Å². The van der Waals surface area contributed by atoms with E-state index in [1.165, 1.54) is 6.07 Å². The predicted molar refractivity (Wildman–Crippen MR) is 84.9 cm³/mol. The molecule has 1 N–H and O–H groups in total. The molecule has 3 nitrogen and oxygen atoms in total. The first-order valence-corrected chi connectivity index (χ1v) is 7.15. The van der Waals surface area contributed by atoms with Gasteiger partial charge in [0.2, 0.25) is 0 Å². The number of nitrogens with zero attached hydrogens (tertiary/aromatic N) is 2. The highest BCUT2D eigenvalue weighted by molar-refractivity contribution is 5.42. The molecule has 0 bridgehead atoms. The van der Waals surface area contributed by atoms with Crippen molar-refractivity contribution in [2.45, 2.75) is 25.9 Å². The van der Waals surface area contributed by atoms with Gasteiger partial charge >= 0.3 is 0 Å². The molecule has 2 atom stereocenters. The van der Waals surface area contributed by atoms with Gasteiger partial charge in [-0.3, -0.25) is 0 Å². The number of anilines is 1. The quantitative estimate of drug-likeness (QED) is 0.909. The topological polar surface area (TPSA) is 28.2 Å². The second-order valence-electron chi connectivity index (χ2n) is 5.27. The molecule has 2 rings (SSSR count). The molecule has 0 saturated heterocycles. The number of aromatic nitrogens is 1. The van der Waals surface area contributed by atoms with Crippen LogP contribution in [0.2, 0.25) is 0 Å². The minimum Gasteiger partial charge on any atom is -0.353 e. The highest BCUT2D eigenvalue weighted by Crippen LogP contribution is 2.26. The summed E-state index contributed by atoms with van der Waals surface area (Å²) in [6.07, 6.45) is 1.86. The summed E-state index contributed by atoms with van der Waals surface area (Å²) >= 11 is 0. The van der Waals surface area contributed by atoms with Crippen molar-refractivity contribution < 1.29 is 4.39 Å². The van der Waals surface area contributed by atoms with Crippen LogP contribution in [-0.2, 0) is 0 Å². The Morgan fingerprint density at radius 2 is 1.86 bits per heavy atom. The van der Waals surface area contributed by atoms with Gasteiger partial charge in [-0.05, 0) is 38.6 Å². The SMILES string of the molecule is CNC(C)c1ccc(N(C)C(C)c2ccccc2F)nc1. The Hall–Kier alpha value is -1.94. The minimum atomic E-state index is -0.183. The lowest BCUT2D eigenvalue weighted by Gasteiger charge is -2.27. The first kappa shape index (κ1) is 15.4. The van der Waals surface area contributed by atoms with Crippen LogP contribution < -0.4 is 10.2 Å². The van der Waals surface area contributed by atoms with E-state index in [-0.39, 0.29) is 17.9 Å². The largest absolute Gasteiger partial charge is 0.353 e. The van der Waals surface area contributed by atoms with Crippen molar-refractivity contribution in [2.75, 3.05) is 19.0 Å². The van der Waals surface area contributed by atoms with Crippen molar-refractivity contribution in [3.8, 4) is 0 Å². The smallest absolute Gasteiger partial charge is 0.128 e. The Morgan fingerprint density at radius 3 is 2.43 bits per heavy atom. The molecule has 2 aromatic rings. The summed E-state index contributed by atoms with van der Waals surface area (Å²) in [5, 5.41) is 3.18. The summed E-state index contributed by atoms with van der Waals surface area (Å²) in [6, 6.07) is 11.1. The molecule has 1 aromatic heterocycles. The van der Waals surface area contributed by atoms with E-state index in [9.17, 15) is 4.39 Å². The van der Waals surface area contributed by atoms with Gasteiger partial charge in [0.1, 0.15) is 11.6 Å². The molecule has 21 heavy (non-hydrogen) atoms. The second-order valence-corrected chi connectivity index (χ2v) is 5.27. The van der Waals surface area contributed by atoms with E-state index in [0.29, 0.717) is 5.56 Å². The molecule has 0 fully saturated rings. The monoisotopic (exact) mass is 287 g/mol. The second kappa shape index (κ2) is 6.68. The highest BCUT2D eigenvalue weighted by Gasteiger charge is 2.16. The molecule has 0 radical (unpaired) electrons. The average Bonchev–Trinajstić information content (AvgIpc) is 2.53. The maximum atomic E-state index is 13.9. The molecule has 4 heteroatoms. The number of hydrogen-bond donors (Lipinski definition) is 1. The summed E-state index contributed by atoms with van der Waals surface area (Å²) in [7, 11) is 3.85. The lowest BCUT2D eigenvalue weighted by Crippen LogP contribution is -2.23. The van der Waals surface area contributed by atoms with Crippen LogP contribution in [-0.4, -0.2) is 19.1 Å². The van der Waals surface area contributed by atoms with Gasteiger partial charge in [0.15, 0.2) is 0 Å². The Balaban J connectivity index is 2.20. The molecule has 0 aliphatic heterocycles. The van der Waals surface area contributed by atoms with Gasteiger partial charge in [-0.25, -0.2) is 9.37 Å². The van der Waals surface area contributed by atoms with Gasteiger partial charge in [-0.2, -0.15) is 0 Å². The van der Waals surface area contributed by atoms with Gasteiger partial charge in [-0.1, -0.05) is 24.3 Å². The third-order valence-electron chi connectivity index (χ3n) is 4.00. The number of pyridine rings is 1. The van der Waals surface area contributed by atoms with Crippen LogP contribution in [0.15, 0.2) is 42.6 Å². The molecule has 2 unspecified atom stereocenters. The fraction of sp³-hybridized carbons (Fsp3) is 0.353. The fourth-order valence-electron chi connectivity index (χ4n) is 2.25. The molecular weight excluding hydrogens is 265 g/mol. The minimum absolute atomic E-state index is 0.0775. The Kier molecular flexibility index (Phi) is 4.91. The highest BCUT2D eigenvalue weighted by atomic mass is 19.1. The van der Waals surface area contributed by atoms with Crippen LogP contribution in [0.25, 0.3) is 0 Å². The molecular formula is C17H22FN3. The fourth-order valence-corrected chi connectivity index (χ4v) is 2.25. The molecule has 0 amide bonds. The third kappa shape index (κ3) is 3.39. The van der Waals surface area contributed by atoms with E-state index < -0.39 is 0 Å². The van der Waals surface area contributed by atoms with Crippen molar-refractivity contribution in [3.05, 3.63) is 59.5 Å². The van der Waals surface area contributed by atoms with Crippen LogP contribution in [0, 0.1) is 5.82 Å². The van der Waals surface area contributed by atoms with E-state index in [4.69, 9.17) is 0 Å². The van der Waals surface area contributed by atoms with E-state index in [2.05, 4.69) is 17.2 Å². The van der Waals surface area contributed by atoms with Crippen LogP contribution in [0.3, 0.4) is 0 Å². The number of nitrogens with one attached hydrogen (secondary N) is 1. The van der Waals surface area contributed by atoms with Crippen LogP contribution in [0.5, 0.6) is 0 Å². The molecule has 0 aliphatic rings. The number of benzene rings is 1. The molecule has 1 heterocycles. The predicted octanol–water partition coefficient (Wildman–Crippen LogP) is 3.70. The van der Waals surface area contributed by atoms with Gasteiger partial charge < -0.3 is 10.2 Å². The lowest BCUT2D eigenvalue weighted by molar-refractivity contribution is 0.584. The molecule has 1 aromatic carbocycles. The Bertz CT molecular complexity index is 583. The number of halogens is 1. The summed E-state index contributed by atoms with van der Waals surface area (Å²) in [5.41, 5.74) is 1.81. The maximum absolute atomic E-state index is 13.9. The summed E-state index contributed by atoms with van der Waals surface area (Å²) < 4.78 is 13.9. The maximum Gasteiger partial charge on any atom is 0.128 e. The zero-order chi connectivity index (χ0) is 15.4. The summed E-state index contributed by atoms with van der Waals surface area (Å²) in [5.74, 6) is 0.648. The molecule has 0 spiro atoms. The van der Waals surface area contributed by atoms with Crippen molar-refractivity contribution in [1.82, 2.24) is 10.3 Å². The van der Waals surface area contributed by atoms with Crippen molar-refractivity contribution in [3.63, 3.8) is 0 Å². The van der Waals surface area contributed by atoms with E-state index in [1.807, 2.05) is 56.4 Å². The lowest BCUT2D eigenvalue weighted by atomic mass is 10.1. The van der Waals surface area contributed by atoms with Crippen molar-refractivity contribution in [2.24, 2.45) is 0 Å². The van der Waals surface area contributed by atoms with Gasteiger partial charge in [0, 0.05) is 24.8 Å².